The second-order valence-corrected chi connectivity index (χ2v) is 7.17. The maximum absolute atomic E-state index is 13.0. The molecule has 4 rings (SSSR count). The van der Waals surface area contributed by atoms with Crippen LogP contribution in [0, 0.1) is 12.3 Å². The largest absolute Gasteiger partial charge is 0.341 e. The van der Waals surface area contributed by atoms with Gasteiger partial charge in [-0.15, -0.1) is 0 Å². The van der Waals surface area contributed by atoms with Crippen molar-refractivity contribution in [2.24, 2.45) is 5.41 Å². The van der Waals surface area contributed by atoms with Crippen LogP contribution in [0.25, 0.3) is 0 Å². The van der Waals surface area contributed by atoms with E-state index in [1.54, 1.807) is 6.20 Å². The fourth-order valence-corrected chi connectivity index (χ4v) is 3.90. The van der Waals surface area contributed by atoms with E-state index in [-0.39, 0.29) is 5.41 Å². The summed E-state index contributed by atoms with van der Waals surface area (Å²) in [5.41, 5.74) is 1.97. The molecule has 0 aliphatic carbocycles. The van der Waals surface area contributed by atoms with Gasteiger partial charge in [0.2, 0.25) is 11.9 Å². The molecule has 0 aromatic carbocycles. The van der Waals surface area contributed by atoms with Gasteiger partial charge in [0.1, 0.15) is 0 Å². The van der Waals surface area contributed by atoms with E-state index < -0.39 is 0 Å². The Morgan fingerprint density at radius 2 is 1.80 bits per heavy atom. The Balaban J connectivity index is 1.41. The highest BCUT2D eigenvalue weighted by Crippen LogP contribution is 2.42. The van der Waals surface area contributed by atoms with Crippen molar-refractivity contribution in [1.82, 2.24) is 19.9 Å². The van der Waals surface area contributed by atoms with Gasteiger partial charge in [0.05, 0.1) is 5.41 Å². The van der Waals surface area contributed by atoms with Gasteiger partial charge in [-0.3, -0.25) is 9.78 Å². The summed E-state index contributed by atoms with van der Waals surface area (Å²) in [6.45, 7) is 5.18. The second-order valence-electron chi connectivity index (χ2n) is 7.17. The number of pyridine rings is 1. The van der Waals surface area contributed by atoms with E-state index in [1.807, 2.05) is 42.5 Å². The van der Waals surface area contributed by atoms with Crippen LogP contribution < -0.4 is 4.90 Å². The first kappa shape index (κ1) is 16.0. The number of aryl methyl sites for hydroxylation is 1. The Kier molecular flexibility index (Phi) is 4.11. The summed E-state index contributed by atoms with van der Waals surface area (Å²) in [5.74, 6) is 1.08. The van der Waals surface area contributed by atoms with Crippen LogP contribution in [0.3, 0.4) is 0 Å². The van der Waals surface area contributed by atoms with Crippen molar-refractivity contribution in [2.45, 2.75) is 32.7 Å². The van der Waals surface area contributed by atoms with Crippen molar-refractivity contribution >= 4 is 11.9 Å². The molecule has 130 valence electrons. The van der Waals surface area contributed by atoms with Crippen molar-refractivity contribution in [1.29, 1.82) is 0 Å². The van der Waals surface area contributed by atoms with Gasteiger partial charge in [0, 0.05) is 51.0 Å². The SMILES string of the molecule is Cc1cnc(N2CCC3(CCN(Cc4cccnc4)C3=O)CC2)nc1. The normalized spacial score (nSPS) is 19.6. The lowest BCUT2D eigenvalue weighted by Gasteiger charge is -2.38. The average Bonchev–Trinajstić information content (AvgIpc) is 2.94. The number of anilines is 1. The third-order valence-electron chi connectivity index (χ3n) is 5.47. The minimum atomic E-state index is -0.191. The van der Waals surface area contributed by atoms with Crippen LogP contribution in [0.4, 0.5) is 5.95 Å². The maximum atomic E-state index is 13.0. The number of amides is 1. The summed E-state index contributed by atoms with van der Waals surface area (Å²) in [7, 11) is 0. The number of nitrogens with zero attached hydrogens (tertiary/aromatic N) is 5. The van der Waals surface area contributed by atoms with E-state index in [4.69, 9.17) is 0 Å². The lowest BCUT2D eigenvalue weighted by atomic mass is 9.77. The molecule has 0 unspecified atom stereocenters. The van der Waals surface area contributed by atoms with E-state index in [1.165, 1.54) is 0 Å². The molecule has 0 bridgehead atoms. The molecule has 1 spiro atoms. The number of rotatable bonds is 3. The number of aromatic nitrogens is 3. The molecular weight excluding hydrogens is 314 g/mol. The van der Waals surface area contributed by atoms with Crippen LogP contribution in [0.15, 0.2) is 36.9 Å². The molecule has 0 radical (unpaired) electrons. The minimum Gasteiger partial charge on any atom is -0.341 e. The summed E-state index contributed by atoms with van der Waals surface area (Å²) in [6, 6.07) is 3.95. The summed E-state index contributed by atoms with van der Waals surface area (Å²) in [4.78, 5) is 30.2. The van der Waals surface area contributed by atoms with E-state index in [0.717, 1.165) is 56.0 Å². The topological polar surface area (TPSA) is 62.2 Å². The molecule has 4 heterocycles. The molecular formula is C19H23N5O. The van der Waals surface area contributed by atoms with Gasteiger partial charge in [0.25, 0.3) is 0 Å². The fourth-order valence-electron chi connectivity index (χ4n) is 3.90. The van der Waals surface area contributed by atoms with Crippen molar-refractivity contribution in [3.63, 3.8) is 0 Å². The second kappa shape index (κ2) is 6.43. The van der Waals surface area contributed by atoms with Gasteiger partial charge in [-0.1, -0.05) is 6.07 Å². The van der Waals surface area contributed by atoms with E-state index in [2.05, 4.69) is 19.9 Å². The van der Waals surface area contributed by atoms with Gasteiger partial charge in [0.15, 0.2) is 0 Å². The predicted molar refractivity (Wildman–Crippen MR) is 94.9 cm³/mol. The molecule has 1 amide bonds. The fraction of sp³-hybridized carbons (Fsp3) is 0.474. The van der Waals surface area contributed by atoms with Crippen molar-refractivity contribution in [3.8, 4) is 0 Å². The van der Waals surface area contributed by atoms with Gasteiger partial charge in [-0.2, -0.15) is 0 Å². The minimum absolute atomic E-state index is 0.191. The van der Waals surface area contributed by atoms with Crippen LogP contribution in [0.2, 0.25) is 0 Å². The lowest BCUT2D eigenvalue weighted by molar-refractivity contribution is -0.137. The van der Waals surface area contributed by atoms with Crippen LogP contribution in [0.1, 0.15) is 30.4 Å². The number of hydrogen-bond donors (Lipinski definition) is 0. The van der Waals surface area contributed by atoms with Crippen LogP contribution in [0.5, 0.6) is 0 Å². The Morgan fingerprint density at radius 3 is 2.48 bits per heavy atom. The first-order valence-electron chi connectivity index (χ1n) is 8.88. The molecule has 6 heteroatoms. The van der Waals surface area contributed by atoms with Gasteiger partial charge in [-0.05, 0) is 43.4 Å². The van der Waals surface area contributed by atoms with Crippen molar-refractivity contribution < 1.29 is 4.79 Å². The first-order chi connectivity index (χ1) is 12.2. The van der Waals surface area contributed by atoms with Crippen LogP contribution in [-0.2, 0) is 11.3 Å². The Bertz CT molecular complexity index is 738. The quantitative estimate of drug-likeness (QED) is 0.859. The monoisotopic (exact) mass is 337 g/mol. The van der Waals surface area contributed by atoms with Crippen molar-refractivity contribution in [2.75, 3.05) is 24.5 Å². The van der Waals surface area contributed by atoms with Gasteiger partial charge >= 0.3 is 0 Å². The van der Waals surface area contributed by atoms with Crippen LogP contribution >= 0.6 is 0 Å². The number of piperidine rings is 1. The first-order valence-corrected chi connectivity index (χ1v) is 8.88. The Hall–Kier alpha value is -2.50. The third-order valence-corrected chi connectivity index (χ3v) is 5.47. The van der Waals surface area contributed by atoms with E-state index in [9.17, 15) is 4.79 Å². The standard InChI is InChI=1S/C19H23N5O/c1-15-11-21-18(22-12-15)23-8-4-19(5-9-23)6-10-24(17(19)25)14-16-3-2-7-20-13-16/h2-3,7,11-13H,4-6,8-10,14H2,1H3. The molecule has 2 aromatic rings. The molecule has 2 aromatic heterocycles. The molecule has 0 saturated carbocycles. The average molecular weight is 337 g/mol. The van der Waals surface area contributed by atoms with Gasteiger partial charge < -0.3 is 9.80 Å². The Morgan fingerprint density at radius 1 is 1.08 bits per heavy atom. The summed E-state index contributed by atoms with van der Waals surface area (Å²) < 4.78 is 0. The highest BCUT2D eigenvalue weighted by molar-refractivity contribution is 5.85. The third kappa shape index (κ3) is 3.08. The van der Waals surface area contributed by atoms with E-state index >= 15 is 0 Å². The maximum Gasteiger partial charge on any atom is 0.229 e. The number of hydrogen-bond acceptors (Lipinski definition) is 5. The number of carbonyl (C=O) groups excluding carboxylic acids is 1. The number of likely N-dealkylation sites (tertiary alicyclic amines) is 1. The zero-order valence-corrected chi connectivity index (χ0v) is 14.6. The van der Waals surface area contributed by atoms with Gasteiger partial charge in [-0.25, -0.2) is 9.97 Å². The summed E-state index contributed by atoms with van der Waals surface area (Å²) in [5, 5.41) is 0. The molecule has 0 atom stereocenters. The summed E-state index contributed by atoms with van der Waals surface area (Å²) >= 11 is 0. The predicted octanol–water partition coefficient (Wildman–Crippen LogP) is 2.20. The molecule has 0 N–H and O–H groups in total. The Labute approximate surface area is 147 Å². The molecule has 25 heavy (non-hydrogen) atoms. The van der Waals surface area contributed by atoms with E-state index in [0.29, 0.717) is 12.5 Å². The zero-order valence-electron chi connectivity index (χ0n) is 14.6. The van der Waals surface area contributed by atoms with Crippen LogP contribution in [-0.4, -0.2) is 45.4 Å². The molecule has 6 nitrogen and oxygen atoms in total. The number of carbonyl (C=O) groups is 1. The molecule has 2 fully saturated rings. The molecule has 2 saturated heterocycles. The smallest absolute Gasteiger partial charge is 0.229 e. The lowest BCUT2D eigenvalue weighted by Crippen LogP contribution is -2.45. The summed E-state index contributed by atoms with van der Waals surface area (Å²) in [6.07, 6.45) is 10.0. The molecule has 2 aliphatic rings. The zero-order chi connectivity index (χ0) is 17.3. The molecule has 2 aliphatic heterocycles. The highest BCUT2D eigenvalue weighted by Gasteiger charge is 2.48. The van der Waals surface area contributed by atoms with Crippen molar-refractivity contribution in [3.05, 3.63) is 48.0 Å². The highest BCUT2D eigenvalue weighted by atomic mass is 16.2.